The van der Waals surface area contributed by atoms with Gasteiger partial charge in [0.2, 0.25) is 5.91 Å². The molecule has 3 rings (SSSR count). The fourth-order valence-electron chi connectivity index (χ4n) is 1.99. The number of anilines is 2. The number of nitrogens with one attached hydrogen (secondary N) is 1. The van der Waals surface area contributed by atoms with Crippen LogP contribution in [0.1, 0.15) is 5.56 Å². The second-order valence-electron chi connectivity index (χ2n) is 4.51. The molecule has 2 heterocycles. The van der Waals surface area contributed by atoms with Crippen LogP contribution in [0.25, 0.3) is 11.3 Å². The highest BCUT2D eigenvalue weighted by Gasteiger charge is 2.18. The number of aromatic nitrogens is 1. The number of carbonyl (C=O) groups excluding carboxylic acids is 1. The van der Waals surface area contributed by atoms with Crippen LogP contribution in [0.15, 0.2) is 23.6 Å². The van der Waals surface area contributed by atoms with E-state index in [-0.39, 0.29) is 5.91 Å². The Bertz CT molecular complexity index is 618. The summed E-state index contributed by atoms with van der Waals surface area (Å²) in [4.78, 5) is 17.9. The van der Waals surface area contributed by atoms with Crippen molar-refractivity contribution in [3.63, 3.8) is 0 Å². The highest BCUT2D eigenvalue weighted by Crippen LogP contribution is 2.31. The third kappa shape index (κ3) is 1.86. The smallest absolute Gasteiger partial charge is 0.228 e. The van der Waals surface area contributed by atoms with E-state index in [1.165, 1.54) is 0 Å². The van der Waals surface area contributed by atoms with Crippen molar-refractivity contribution < 1.29 is 4.79 Å². The minimum atomic E-state index is 0.0643. The normalized spacial score (nSPS) is 13.3. The van der Waals surface area contributed by atoms with E-state index in [2.05, 4.69) is 10.3 Å². The first kappa shape index (κ1) is 11.2. The Balaban J connectivity index is 1.97. The van der Waals surface area contributed by atoms with Gasteiger partial charge >= 0.3 is 0 Å². The Kier molecular flexibility index (Phi) is 2.56. The third-order valence-electron chi connectivity index (χ3n) is 2.90. The average Bonchev–Trinajstić information content (AvgIpc) is 2.91. The molecule has 1 aromatic heterocycles. The number of benzene rings is 1. The fraction of sp³-hybridized carbons (Fsp3) is 0.231. The molecule has 1 aromatic carbocycles. The molecular formula is C13H13N3OS. The molecule has 1 amide bonds. The van der Waals surface area contributed by atoms with Gasteiger partial charge in [-0.15, -0.1) is 11.3 Å². The van der Waals surface area contributed by atoms with Gasteiger partial charge in [0.05, 0.1) is 12.1 Å². The highest BCUT2D eigenvalue weighted by molar-refractivity contribution is 7.14. The number of hydrogen-bond donors (Lipinski definition) is 1. The molecule has 4 nitrogen and oxygen atoms in total. The van der Waals surface area contributed by atoms with Gasteiger partial charge in [-0.3, -0.25) is 4.79 Å². The summed E-state index contributed by atoms with van der Waals surface area (Å²) >= 11 is 1.62. The lowest BCUT2D eigenvalue weighted by Gasteiger charge is -2.06. The van der Waals surface area contributed by atoms with Gasteiger partial charge < -0.3 is 10.2 Å². The van der Waals surface area contributed by atoms with E-state index < -0.39 is 0 Å². The van der Waals surface area contributed by atoms with E-state index in [0.29, 0.717) is 6.42 Å². The number of fused-ring (bicyclic) bond motifs is 1. The fourth-order valence-corrected chi connectivity index (χ4v) is 2.76. The van der Waals surface area contributed by atoms with Crippen LogP contribution in [0.4, 0.5) is 10.8 Å². The SMILES string of the molecule is CN(C)c1nc(-c2ccc3c(c2)CC(=O)N3)cs1. The zero-order valence-electron chi connectivity index (χ0n) is 10.2. The summed E-state index contributed by atoms with van der Waals surface area (Å²) in [6, 6.07) is 5.99. The Labute approximate surface area is 109 Å². The molecule has 0 saturated heterocycles. The van der Waals surface area contributed by atoms with Crippen LogP contribution in [0, 0.1) is 0 Å². The minimum absolute atomic E-state index is 0.0643. The van der Waals surface area contributed by atoms with Gasteiger partial charge in [-0.2, -0.15) is 0 Å². The molecule has 0 spiro atoms. The van der Waals surface area contributed by atoms with Crippen LogP contribution >= 0.6 is 11.3 Å². The average molecular weight is 259 g/mol. The standard InChI is InChI=1S/C13H13N3OS/c1-16(2)13-15-11(7-18-13)8-3-4-10-9(5-8)6-12(17)14-10/h3-5,7H,6H2,1-2H3,(H,14,17). The van der Waals surface area contributed by atoms with Crippen LogP contribution < -0.4 is 10.2 Å². The molecule has 0 saturated carbocycles. The highest BCUT2D eigenvalue weighted by atomic mass is 32.1. The summed E-state index contributed by atoms with van der Waals surface area (Å²) in [5.41, 5.74) is 4.00. The number of rotatable bonds is 2. The maximum absolute atomic E-state index is 11.3. The van der Waals surface area contributed by atoms with Crippen molar-refractivity contribution in [2.75, 3.05) is 24.3 Å². The molecule has 0 aliphatic carbocycles. The number of carbonyl (C=O) groups is 1. The van der Waals surface area contributed by atoms with Gasteiger partial charge in [0, 0.05) is 30.7 Å². The summed E-state index contributed by atoms with van der Waals surface area (Å²) in [5.74, 6) is 0.0643. The summed E-state index contributed by atoms with van der Waals surface area (Å²) in [6.45, 7) is 0. The molecule has 5 heteroatoms. The monoisotopic (exact) mass is 259 g/mol. The van der Waals surface area contributed by atoms with E-state index in [0.717, 1.165) is 27.6 Å². The third-order valence-corrected chi connectivity index (χ3v) is 3.91. The molecule has 0 bridgehead atoms. The lowest BCUT2D eigenvalue weighted by atomic mass is 10.1. The van der Waals surface area contributed by atoms with E-state index in [1.807, 2.05) is 42.6 Å². The summed E-state index contributed by atoms with van der Waals surface area (Å²) in [6.07, 6.45) is 0.466. The van der Waals surface area contributed by atoms with Crippen LogP contribution in [-0.2, 0) is 11.2 Å². The van der Waals surface area contributed by atoms with Crippen molar-refractivity contribution in [2.45, 2.75) is 6.42 Å². The zero-order valence-corrected chi connectivity index (χ0v) is 11.0. The maximum Gasteiger partial charge on any atom is 0.228 e. The molecule has 0 radical (unpaired) electrons. The molecule has 0 fully saturated rings. The van der Waals surface area contributed by atoms with Crippen molar-refractivity contribution >= 4 is 28.1 Å². The number of nitrogens with zero attached hydrogens (tertiary/aromatic N) is 2. The van der Waals surface area contributed by atoms with Crippen LogP contribution in [0.5, 0.6) is 0 Å². The Morgan fingerprint density at radius 1 is 1.39 bits per heavy atom. The Hall–Kier alpha value is -1.88. The van der Waals surface area contributed by atoms with E-state index in [9.17, 15) is 4.79 Å². The Morgan fingerprint density at radius 2 is 2.22 bits per heavy atom. The molecule has 92 valence electrons. The maximum atomic E-state index is 11.3. The molecule has 2 aromatic rings. The van der Waals surface area contributed by atoms with Crippen LogP contribution in [0.3, 0.4) is 0 Å². The largest absolute Gasteiger partial charge is 0.354 e. The number of hydrogen-bond acceptors (Lipinski definition) is 4. The predicted octanol–water partition coefficient (Wildman–Crippen LogP) is 2.37. The lowest BCUT2D eigenvalue weighted by Crippen LogP contribution is -2.07. The van der Waals surface area contributed by atoms with Crippen LogP contribution in [-0.4, -0.2) is 25.0 Å². The van der Waals surface area contributed by atoms with Gasteiger partial charge in [-0.25, -0.2) is 4.98 Å². The molecule has 1 aliphatic rings. The van der Waals surface area contributed by atoms with Gasteiger partial charge in [-0.05, 0) is 17.7 Å². The summed E-state index contributed by atoms with van der Waals surface area (Å²) in [5, 5.41) is 5.86. The van der Waals surface area contributed by atoms with Crippen LogP contribution in [0.2, 0.25) is 0 Å². The van der Waals surface area contributed by atoms with Crippen molar-refractivity contribution in [1.29, 1.82) is 0 Å². The van der Waals surface area contributed by atoms with Crippen molar-refractivity contribution in [3.8, 4) is 11.3 Å². The van der Waals surface area contributed by atoms with E-state index in [4.69, 9.17) is 0 Å². The summed E-state index contributed by atoms with van der Waals surface area (Å²) in [7, 11) is 3.96. The first-order chi connectivity index (χ1) is 8.63. The number of thiazole rings is 1. The van der Waals surface area contributed by atoms with E-state index in [1.54, 1.807) is 11.3 Å². The molecule has 1 aliphatic heterocycles. The molecular weight excluding hydrogens is 246 g/mol. The topological polar surface area (TPSA) is 45.2 Å². The number of amides is 1. The zero-order chi connectivity index (χ0) is 12.7. The van der Waals surface area contributed by atoms with Gasteiger partial charge in [0.15, 0.2) is 5.13 Å². The van der Waals surface area contributed by atoms with Crippen molar-refractivity contribution in [1.82, 2.24) is 4.98 Å². The predicted molar refractivity (Wildman–Crippen MR) is 74.2 cm³/mol. The molecule has 0 atom stereocenters. The summed E-state index contributed by atoms with van der Waals surface area (Å²) < 4.78 is 0. The first-order valence-corrected chi connectivity index (χ1v) is 6.57. The molecule has 0 unspecified atom stereocenters. The van der Waals surface area contributed by atoms with Crippen molar-refractivity contribution in [2.24, 2.45) is 0 Å². The molecule has 1 N–H and O–H groups in total. The Morgan fingerprint density at radius 3 is 2.94 bits per heavy atom. The second kappa shape index (κ2) is 4.10. The van der Waals surface area contributed by atoms with Gasteiger partial charge in [-0.1, -0.05) is 6.07 Å². The van der Waals surface area contributed by atoms with E-state index >= 15 is 0 Å². The van der Waals surface area contributed by atoms with Gasteiger partial charge in [0.25, 0.3) is 0 Å². The van der Waals surface area contributed by atoms with Gasteiger partial charge in [0.1, 0.15) is 0 Å². The molecule has 18 heavy (non-hydrogen) atoms. The first-order valence-electron chi connectivity index (χ1n) is 5.69. The second-order valence-corrected chi connectivity index (χ2v) is 5.34. The minimum Gasteiger partial charge on any atom is -0.354 e. The lowest BCUT2D eigenvalue weighted by molar-refractivity contribution is -0.115. The van der Waals surface area contributed by atoms with Crippen molar-refractivity contribution in [3.05, 3.63) is 29.1 Å². The quantitative estimate of drug-likeness (QED) is 0.900.